The quantitative estimate of drug-likeness (QED) is 0.150. The molecular formula is C48H38N2. The minimum Gasteiger partial charge on any atom is -0.311 e. The molecule has 0 amide bonds. The molecule has 0 aliphatic carbocycles. The maximum Gasteiger partial charge on any atom is 0.0561 e. The summed E-state index contributed by atoms with van der Waals surface area (Å²) in [4.78, 5) is 2.33. The molecule has 1 heterocycles. The molecule has 0 N–H and O–H groups in total. The first kappa shape index (κ1) is 30.9. The maximum atomic E-state index is 2.40. The number of nitrogens with zero attached hydrogens (tertiary/aromatic N) is 2. The standard InChI is InChI=1S/C48H38N2/c1-3-14-41(4-2)49(42-17-10-6-11-18-42)44-30-31-45-46-33-40(29-32-47(46)50(48(45)34-44)43-19-12-7-13-20-43)39-27-25-38(26-28-39)37-23-21-36(22-24-37)35-15-8-5-9-16-35/h3-34H,1-2H3/b14-3-,41-4+. The smallest absolute Gasteiger partial charge is 0.0561 e. The molecule has 50 heavy (non-hydrogen) atoms. The van der Waals surface area contributed by atoms with Gasteiger partial charge in [0.1, 0.15) is 0 Å². The van der Waals surface area contributed by atoms with Crippen LogP contribution in [0.2, 0.25) is 0 Å². The fourth-order valence-electron chi connectivity index (χ4n) is 7.02. The minimum atomic E-state index is 1.11. The van der Waals surface area contributed by atoms with Gasteiger partial charge in [-0.15, -0.1) is 0 Å². The van der Waals surface area contributed by atoms with E-state index in [-0.39, 0.29) is 0 Å². The molecule has 0 aliphatic rings. The lowest BCUT2D eigenvalue weighted by Gasteiger charge is -2.26. The van der Waals surface area contributed by atoms with Crippen LogP contribution in [-0.4, -0.2) is 4.57 Å². The van der Waals surface area contributed by atoms with Crippen molar-refractivity contribution in [3.63, 3.8) is 0 Å². The molecule has 8 aromatic rings. The molecule has 0 saturated carbocycles. The number of para-hydroxylation sites is 2. The Hall–Kier alpha value is -6.38. The van der Waals surface area contributed by atoms with Crippen molar-refractivity contribution in [3.8, 4) is 39.1 Å². The van der Waals surface area contributed by atoms with Crippen molar-refractivity contribution in [2.24, 2.45) is 0 Å². The van der Waals surface area contributed by atoms with Crippen LogP contribution < -0.4 is 4.90 Å². The summed E-state index contributed by atoms with van der Waals surface area (Å²) in [5.74, 6) is 0. The van der Waals surface area contributed by atoms with Gasteiger partial charge in [0.05, 0.1) is 11.0 Å². The summed E-state index contributed by atoms with van der Waals surface area (Å²) in [6, 6.07) is 63.4. The van der Waals surface area contributed by atoms with Crippen LogP contribution in [0.4, 0.5) is 11.4 Å². The molecular weight excluding hydrogens is 605 g/mol. The van der Waals surface area contributed by atoms with Gasteiger partial charge in [0.15, 0.2) is 0 Å². The van der Waals surface area contributed by atoms with Crippen molar-refractivity contribution in [2.45, 2.75) is 13.8 Å². The van der Waals surface area contributed by atoms with Crippen LogP contribution in [0.5, 0.6) is 0 Å². The van der Waals surface area contributed by atoms with Gasteiger partial charge in [-0.05, 0) is 102 Å². The van der Waals surface area contributed by atoms with E-state index in [9.17, 15) is 0 Å². The van der Waals surface area contributed by atoms with Crippen LogP contribution in [0.15, 0.2) is 200 Å². The second kappa shape index (κ2) is 13.6. The second-order valence-electron chi connectivity index (χ2n) is 12.5. The number of allylic oxidation sites excluding steroid dienone is 3. The lowest BCUT2D eigenvalue weighted by atomic mass is 9.97. The SMILES string of the molecule is C/C=C\C(=C/C)N(c1ccccc1)c1ccc2c3cc(-c4ccc(-c5ccc(-c6ccccc6)cc5)cc4)ccc3n(-c3ccccc3)c2c1. The van der Waals surface area contributed by atoms with E-state index >= 15 is 0 Å². The third-order valence-corrected chi connectivity index (χ3v) is 9.47. The van der Waals surface area contributed by atoms with Crippen LogP contribution in [0.3, 0.4) is 0 Å². The molecule has 0 bridgehead atoms. The fraction of sp³-hybridized carbons (Fsp3) is 0.0417. The van der Waals surface area contributed by atoms with Crippen molar-refractivity contribution < 1.29 is 0 Å². The summed E-state index contributed by atoms with van der Waals surface area (Å²) in [5, 5.41) is 2.46. The Kier molecular flexibility index (Phi) is 8.42. The monoisotopic (exact) mass is 642 g/mol. The van der Waals surface area contributed by atoms with E-state index in [2.05, 4.69) is 217 Å². The summed E-state index contributed by atoms with van der Waals surface area (Å²) < 4.78 is 2.40. The minimum absolute atomic E-state index is 1.11. The van der Waals surface area contributed by atoms with Crippen LogP contribution >= 0.6 is 0 Å². The van der Waals surface area contributed by atoms with Crippen molar-refractivity contribution in [2.75, 3.05) is 4.90 Å². The average Bonchev–Trinajstić information content (AvgIpc) is 3.52. The van der Waals surface area contributed by atoms with Gasteiger partial charge < -0.3 is 9.47 Å². The van der Waals surface area contributed by atoms with Gasteiger partial charge in [-0.2, -0.15) is 0 Å². The lowest BCUT2D eigenvalue weighted by molar-refractivity contribution is 1.17. The second-order valence-corrected chi connectivity index (χ2v) is 12.5. The van der Waals surface area contributed by atoms with Crippen LogP contribution in [0, 0.1) is 0 Å². The van der Waals surface area contributed by atoms with Crippen molar-refractivity contribution >= 4 is 33.2 Å². The van der Waals surface area contributed by atoms with E-state index in [1.165, 1.54) is 55.2 Å². The molecule has 2 nitrogen and oxygen atoms in total. The topological polar surface area (TPSA) is 8.17 Å². The molecule has 0 unspecified atom stereocenters. The van der Waals surface area contributed by atoms with E-state index in [0.29, 0.717) is 0 Å². The highest BCUT2D eigenvalue weighted by Crippen LogP contribution is 2.39. The van der Waals surface area contributed by atoms with Gasteiger partial charge in [0.2, 0.25) is 0 Å². The molecule has 7 aromatic carbocycles. The summed E-state index contributed by atoms with van der Waals surface area (Å²) in [5.41, 5.74) is 14.2. The number of aromatic nitrogens is 1. The summed E-state index contributed by atoms with van der Waals surface area (Å²) in [6.45, 7) is 4.16. The van der Waals surface area contributed by atoms with Crippen molar-refractivity contribution in [1.82, 2.24) is 4.57 Å². The van der Waals surface area contributed by atoms with Crippen molar-refractivity contribution in [1.29, 1.82) is 0 Å². The van der Waals surface area contributed by atoms with Gasteiger partial charge in [-0.3, -0.25) is 0 Å². The van der Waals surface area contributed by atoms with Gasteiger partial charge >= 0.3 is 0 Å². The molecule has 0 fully saturated rings. The highest BCUT2D eigenvalue weighted by molar-refractivity contribution is 6.11. The first-order chi connectivity index (χ1) is 24.7. The van der Waals surface area contributed by atoms with Gasteiger partial charge in [-0.1, -0.05) is 140 Å². The average molecular weight is 643 g/mol. The van der Waals surface area contributed by atoms with E-state index in [0.717, 1.165) is 22.8 Å². The van der Waals surface area contributed by atoms with Crippen LogP contribution in [0.1, 0.15) is 13.8 Å². The molecule has 240 valence electrons. The Balaban J connectivity index is 1.21. The zero-order valence-electron chi connectivity index (χ0n) is 28.4. The molecule has 0 saturated heterocycles. The third-order valence-electron chi connectivity index (χ3n) is 9.47. The summed E-state index contributed by atoms with van der Waals surface area (Å²) >= 11 is 0. The van der Waals surface area contributed by atoms with E-state index in [1.807, 2.05) is 0 Å². The zero-order chi connectivity index (χ0) is 33.9. The number of fused-ring (bicyclic) bond motifs is 3. The van der Waals surface area contributed by atoms with Crippen molar-refractivity contribution in [3.05, 3.63) is 200 Å². The predicted molar refractivity (Wildman–Crippen MR) is 214 cm³/mol. The Morgan fingerprint density at radius 3 is 1.54 bits per heavy atom. The number of hydrogen-bond acceptors (Lipinski definition) is 1. The third kappa shape index (κ3) is 5.82. The fourth-order valence-corrected chi connectivity index (χ4v) is 7.02. The Morgan fingerprint density at radius 1 is 0.440 bits per heavy atom. The Labute approximate surface area is 294 Å². The molecule has 1 aromatic heterocycles. The number of rotatable bonds is 8. The molecule has 8 rings (SSSR count). The van der Waals surface area contributed by atoms with E-state index < -0.39 is 0 Å². The Bertz CT molecular complexity index is 2450. The number of anilines is 2. The first-order valence-corrected chi connectivity index (χ1v) is 17.3. The molecule has 0 aliphatic heterocycles. The molecule has 2 heteroatoms. The van der Waals surface area contributed by atoms with Gasteiger partial charge in [0.25, 0.3) is 0 Å². The maximum absolute atomic E-state index is 2.40. The van der Waals surface area contributed by atoms with Gasteiger partial charge in [-0.25, -0.2) is 0 Å². The number of benzene rings is 7. The first-order valence-electron chi connectivity index (χ1n) is 17.3. The van der Waals surface area contributed by atoms with E-state index in [4.69, 9.17) is 0 Å². The predicted octanol–water partition coefficient (Wildman–Crippen LogP) is 13.4. The highest BCUT2D eigenvalue weighted by Gasteiger charge is 2.18. The molecule has 0 radical (unpaired) electrons. The zero-order valence-corrected chi connectivity index (χ0v) is 28.4. The summed E-state index contributed by atoms with van der Waals surface area (Å²) in [7, 11) is 0. The van der Waals surface area contributed by atoms with Gasteiger partial charge in [0, 0.05) is 33.5 Å². The Morgan fingerprint density at radius 2 is 0.960 bits per heavy atom. The molecule has 0 spiro atoms. The number of hydrogen-bond donors (Lipinski definition) is 0. The lowest BCUT2D eigenvalue weighted by Crippen LogP contribution is -2.15. The van der Waals surface area contributed by atoms with E-state index in [1.54, 1.807) is 0 Å². The normalized spacial score (nSPS) is 11.8. The molecule has 0 atom stereocenters. The highest BCUT2D eigenvalue weighted by atomic mass is 15.1. The van der Waals surface area contributed by atoms with Crippen LogP contribution in [0.25, 0.3) is 60.9 Å². The van der Waals surface area contributed by atoms with Crippen LogP contribution in [-0.2, 0) is 0 Å². The largest absolute Gasteiger partial charge is 0.311 e. The summed E-state index contributed by atoms with van der Waals surface area (Å²) in [6.07, 6.45) is 6.43.